The van der Waals surface area contributed by atoms with Crippen LogP contribution in [0.2, 0.25) is 0 Å². The highest BCUT2D eigenvalue weighted by Crippen LogP contribution is 2.25. The Hall–Kier alpha value is -1.87. The Kier molecular flexibility index (Phi) is 4.16. The molecule has 0 radical (unpaired) electrons. The first-order valence-electron chi connectivity index (χ1n) is 6.60. The molecule has 0 aliphatic carbocycles. The summed E-state index contributed by atoms with van der Waals surface area (Å²) < 4.78 is 4.93. The number of hydrogen-bond donors (Lipinski definition) is 1. The van der Waals surface area contributed by atoms with Gasteiger partial charge in [0.25, 0.3) is 5.91 Å². The van der Waals surface area contributed by atoms with Crippen LogP contribution in [0, 0.1) is 13.8 Å². The van der Waals surface area contributed by atoms with Crippen LogP contribution in [-0.4, -0.2) is 44.5 Å². The van der Waals surface area contributed by atoms with Gasteiger partial charge in [-0.1, -0.05) is 5.16 Å². The third-order valence-electron chi connectivity index (χ3n) is 3.14. The summed E-state index contributed by atoms with van der Waals surface area (Å²) in [7, 11) is 0. The Balaban J connectivity index is 1.72. The van der Waals surface area contributed by atoms with E-state index in [0.29, 0.717) is 22.5 Å². The first-order valence-corrected chi connectivity index (χ1v) is 8.57. The van der Waals surface area contributed by atoms with Crippen LogP contribution in [-0.2, 0) is 4.79 Å². The number of anilines is 1. The van der Waals surface area contributed by atoms with E-state index in [1.165, 1.54) is 28.0 Å². The van der Waals surface area contributed by atoms with E-state index in [1.54, 1.807) is 19.2 Å². The van der Waals surface area contributed by atoms with Crippen LogP contribution in [0.5, 0.6) is 0 Å². The Bertz CT molecular complexity index is 712. The zero-order valence-electron chi connectivity index (χ0n) is 12.0. The summed E-state index contributed by atoms with van der Waals surface area (Å²) >= 11 is 2.94. The molecule has 2 amide bonds. The Morgan fingerprint density at radius 3 is 2.91 bits per heavy atom. The van der Waals surface area contributed by atoms with Crippen molar-refractivity contribution in [1.82, 2.24) is 15.0 Å². The van der Waals surface area contributed by atoms with Crippen molar-refractivity contribution in [2.45, 2.75) is 19.9 Å². The fourth-order valence-corrected chi connectivity index (χ4v) is 3.90. The van der Waals surface area contributed by atoms with Gasteiger partial charge < -0.3 is 14.7 Å². The molecule has 9 heteroatoms. The molecule has 0 aromatic carbocycles. The van der Waals surface area contributed by atoms with E-state index in [2.05, 4.69) is 15.5 Å². The number of nitrogens with one attached hydrogen (secondary N) is 1. The number of carbonyl (C=O) groups excluding carboxylic acids is 2. The van der Waals surface area contributed by atoms with Crippen molar-refractivity contribution in [3.8, 4) is 0 Å². The van der Waals surface area contributed by atoms with Crippen molar-refractivity contribution in [3.05, 3.63) is 28.6 Å². The smallest absolute Gasteiger partial charge is 0.277 e. The molecule has 22 heavy (non-hydrogen) atoms. The average Bonchev–Trinajstić information content (AvgIpc) is 3.19. The number of nitrogens with zero attached hydrogens (tertiary/aromatic N) is 3. The van der Waals surface area contributed by atoms with Crippen molar-refractivity contribution in [3.63, 3.8) is 0 Å². The molecule has 1 fully saturated rings. The van der Waals surface area contributed by atoms with Crippen molar-refractivity contribution in [1.29, 1.82) is 0 Å². The van der Waals surface area contributed by atoms with Crippen LogP contribution >= 0.6 is 23.1 Å². The molecule has 1 aliphatic heterocycles. The van der Waals surface area contributed by atoms with Crippen molar-refractivity contribution in [2.24, 2.45) is 0 Å². The van der Waals surface area contributed by atoms with Crippen molar-refractivity contribution >= 4 is 40.0 Å². The van der Waals surface area contributed by atoms with Crippen LogP contribution in [0.1, 0.15) is 21.1 Å². The number of amides is 2. The molecular weight excluding hydrogens is 324 g/mol. The molecule has 0 unspecified atom stereocenters. The maximum absolute atomic E-state index is 12.4. The van der Waals surface area contributed by atoms with Gasteiger partial charge >= 0.3 is 0 Å². The normalized spacial score (nSPS) is 17.7. The number of rotatable bonds is 3. The largest absolute Gasteiger partial charge is 0.361 e. The van der Waals surface area contributed by atoms with Gasteiger partial charge in [-0.2, -0.15) is 0 Å². The molecule has 1 N–H and O–H groups in total. The minimum atomic E-state index is -0.529. The molecule has 2 aromatic heterocycles. The SMILES string of the molecule is Cc1cc(C(=O)N2CSC[C@H]2C(=O)Nc2ncc(C)s2)no1. The van der Waals surface area contributed by atoms with Gasteiger partial charge in [0.1, 0.15) is 11.8 Å². The average molecular weight is 338 g/mol. The minimum absolute atomic E-state index is 0.225. The molecule has 116 valence electrons. The highest BCUT2D eigenvalue weighted by molar-refractivity contribution is 7.99. The van der Waals surface area contributed by atoms with Crippen LogP contribution in [0.25, 0.3) is 0 Å². The molecule has 0 bridgehead atoms. The first-order chi connectivity index (χ1) is 10.5. The monoisotopic (exact) mass is 338 g/mol. The van der Waals surface area contributed by atoms with E-state index in [1.807, 2.05) is 6.92 Å². The van der Waals surface area contributed by atoms with Crippen molar-refractivity contribution in [2.75, 3.05) is 16.9 Å². The van der Waals surface area contributed by atoms with Crippen LogP contribution in [0.4, 0.5) is 5.13 Å². The molecule has 7 nitrogen and oxygen atoms in total. The van der Waals surface area contributed by atoms with E-state index >= 15 is 0 Å². The number of aromatic nitrogens is 2. The molecule has 1 saturated heterocycles. The summed E-state index contributed by atoms with van der Waals surface area (Å²) in [6.07, 6.45) is 1.70. The summed E-state index contributed by atoms with van der Waals surface area (Å²) in [4.78, 5) is 31.4. The molecule has 1 aliphatic rings. The number of carbonyl (C=O) groups is 2. The quantitative estimate of drug-likeness (QED) is 0.919. The summed E-state index contributed by atoms with van der Waals surface area (Å²) in [6, 6.07) is 1.04. The second-order valence-electron chi connectivity index (χ2n) is 4.88. The van der Waals surface area contributed by atoms with Gasteiger partial charge in [0.15, 0.2) is 10.8 Å². The van der Waals surface area contributed by atoms with Crippen LogP contribution in [0.3, 0.4) is 0 Å². The van der Waals surface area contributed by atoms with E-state index < -0.39 is 6.04 Å². The molecule has 0 saturated carbocycles. The zero-order valence-corrected chi connectivity index (χ0v) is 13.7. The highest BCUT2D eigenvalue weighted by atomic mass is 32.2. The number of thioether (sulfide) groups is 1. The lowest BCUT2D eigenvalue weighted by molar-refractivity contribution is -0.119. The predicted octanol–water partition coefficient (Wildman–Crippen LogP) is 1.90. The molecule has 1 atom stereocenters. The van der Waals surface area contributed by atoms with Gasteiger partial charge in [-0.05, 0) is 13.8 Å². The Morgan fingerprint density at radius 1 is 1.45 bits per heavy atom. The second-order valence-corrected chi connectivity index (χ2v) is 7.11. The fourth-order valence-electron chi connectivity index (χ4n) is 2.08. The Morgan fingerprint density at radius 2 is 2.27 bits per heavy atom. The highest BCUT2D eigenvalue weighted by Gasteiger charge is 2.36. The molecule has 3 rings (SSSR count). The fraction of sp³-hybridized carbons (Fsp3) is 0.385. The molecule has 2 aromatic rings. The lowest BCUT2D eigenvalue weighted by Gasteiger charge is -2.21. The molecular formula is C13H14N4O3S2. The summed E-state index contributed by atoms with van der Waals surface area (Å²) in [5.41, 5.74) is 0.225. The van der Waals surface area contributed by atoms with Gasteiger partial charge in [-0.3, -0.25) is 9.59 Å². The van der Waals surface area contributed by atoms with Gasteiger partial charge in [0, 0.05) is 22.9 Å². The predicted molar refractivity (Wildman–Crippen MR) is 84.0 cm³/mol. The number of hydrogen-bond acceptors (Lipinski definition) is 7. The third kappa shape index (κ3) is 3.00. The van der Waals surface area contributed by atoms with Crippen LogP contribution < -0.4 is 5.32 Å². The lowest BCUT2D eigenvalue weighted by Crippen LogP contribution is -2.44. The summed E-state index contributed by atoms with van der Waals surface area (Å²) in [5.74, 6) is 1.05. The van der Waals surface area contributed by atoms with Gasteiger partial charge in [-0.25, -0.2) is 4.98 Å². The molecule has 0 spiro atoms. The van der Waals surface area contributed by atoms with Gasteiger partial charge in [0.05, 0.1) is 5.88 Å². The van der Waals surface area contributed by atoms with Crippen molar-refractivity contribution < 1.29 is 14.1 Å². The topological polar surface area (TPSA) is 88.3 Å². The summed E-state index contributed by atoms with van der Waals surface area (Å²) in [6.45, 7) is 3.64. The minimum Gasteiger partial charge on any atom is -0.361 e. The Labute approximate surface area is 135 Å². The number of aryl methyl sites for hydroxylation is 2. The zero-order chi connectivity index (χ0) is 15.7. The summed E-state index contributed by atoms with van der Waals surface area (Å²) in [5, 5.41) is 7.03. The lowest BCUT2D eigenvalue weighted by atomic mass is 10.2. The second kappa shape index (κ2) is 6.09. The van der Waals surface area contributed by atoms with E-state index in [-0.39, 0.29) is 17.5 Å². The maximum atomic E-state index is 12.4. The van der Waals surface area contributed by atoms with Crippen LogP contribution in [0.15, 0.2) is 16.8 Å². The van der Waals surface area contributed by atoms with E-state index in [0.717, 1.165) is 4.88 Å². The first kappa shape index (κ1) is 15.0. The third-order valence-corrected chi connectivity index (χ3v) is 4.98. The van der Waals surface area contributed by atoms with Gasteiger partial charge in [-0.15, -0.1) is 23.1 Å². The molecule has 3 heterocycles. The maximum Gasteiger partial charge on any atom is 0.277 e. The van der Waals surface area contributed by atoms with E-state index in [9.17, 15) is 9.59 Å². The van der Waals surface area contributed by atoms with Gasteiger partial charge in [0.2, 0.25) is 5.91 Å². The number of thiazole rings is 1. The standard InChI is InChI=1S/C13H14N4O3S2/c1-7-3-9(16-20-7)12(19)17-6-21-5-10(17)11(18)15-13-14-4-8(2)22-13/h3-4,10H,5-6H2,1-2H3,(H,14,15,18)/t10-/m0/s1. The van der Waals surface area contributed by atoms with E-state index in [4.69, 9.17) is 4.52 Å².